The average Bonchev–Trinajstić information content (AvgIpc) is 2.26. The first-order chi connectivity index (χ1) is 7.19. The molecule has 0 fully saturated rings. The Balaban J connectivity index is 2.97. The fraction of sp³-hybridized carbons (Fsp3) is 0.222. The summed E-state index contributed by atoms with van der Waals surface area (Å²) in [6.45, 7) is -0.286. The molecule has 0 aliphatic carbocycles. The van der Waals surface area contributed by atoms with Gasteiger partial charge in [0.05, 0.1) is 11.5 Å². The van der Waals surface area contributed by atoms with E-state index in [0.717, 1.165) is 0 Å². The van der Waals surface area contributed by atoms with Gasteiger partial charge in [0.25, 0.3) is 5.69 Å². The van der Waals surface area contributed by atoms with E-state index in [1.165, 1.54) is 31.4 Å². The molecular weight excluding hydrogens is 200 g/mol. The van der Waals surface area contributed by atoms with Crippen molar-refractivity contribution < 1.29 is 14.9 Å². The SMILES string of the molecule is CON=C(CO)c1ccc([N+](=O)[O-])cc1. The highest BCUT2D eigenvalue weighted by Crippen LogP contribution is 2.12. The summed E-state index contributed by atoms with van der Waals surface area (Å²) in [7, 11) is 1.36. The molecule has 0 saturated heterocycles. The average molecular weight is 210 g/mol. The molecule has 0 aromatic heterocycles. The van der Waals surface area contributed by atoms with Crippen molar-refractivity contribution in [3.8, 4) is 0 Å². The number of hydrogen-bond acceptors (Lipinski definition) is 5. The Morgan fingerprint density at radius 1 is 1.53 bits per heavy atom. The number of nitro groups is 1. The predicted octanol–water partition coefficient (Wildman–Crippen LogP) is 0.938. The second-order valence-corrected chi connectivity index (χ2v) is 2.68. The summed E-state index contributed by atoms with van der Waals surface area (Å²) in [4.78, 5) is 14.4. The molecule has 0 aliphatic heterocycles. The molecule has 6 heteroatoms. The van der Waals surface area contributed by atoms with Crippen LogP contribution in [0.2, 0.25) is 0 Å². The molecule has 0 heterocycles. The van der Waals surface area contributed by atoms with Gasteiger partial charge in [-0.25, -0.2) is 0 Å². The van der Waals surface area contributed by atoms with Crippen molar-refractivity contribution in [2.24, 2.45) is 5.16 Å². The highest BCUT2D eigenvalue weighted by atomic mass is 16.6. The Morgan fingerprint density at radius 2 is 2.13 bits per heavy atom. The Hall–Kier alpha value is -1.95. The lowest BCUT2D eigenvalue weighted by Crippen LogP contribution is -2.06. The molecule has 1 aromatic rings. The Morgan fingerprint density at radius 3 is 2.53 bits per heavy atom. The van der Waals surface area contributed by atoms with Gasteiger partial charge in [-0.05, 0) is 12.1 Å². The van der Waals surface area contributed by atoms with Crippen molar-refractivity contribution in [2.75, 3.05) is 13.7 Å². The lowest BCUT2D eigenvalue weighted by molar-refractivity contribution is -0.384. The minimum atomic E-state index is -0.490. The van der Waals surface area contributed by atoms with Gasteiger partial charge in [0, 0.05) is 17.7 Å². The van der Waals surface area contributed by atoms with Crippen molar-refractivity contribution in [2.45, 2.75) is 0 Å². The van der Waals surface area contributed by atoms with E-state index < -0.39 is 4.92 Å². The Labute approximate surface area is 85.9 Å². The van der Waals surface area contributed by atoms with E-state index >= 15 is 0 Å². The van der Waals surface area contributed by atoms with E-state index in [4.69, 9.17) is 5.11 Å². The number of nitro benzene ring substituents is 1. The van der Waals surface area contributed by atoms with E-state index in [0.29, 0.717) is 11.3 Å². The Kier molecular flexibility index (Phi) is 3.75. The number of rotatable bonds is 4. The van der Waals surface area contributed by atoms with Crippen molar-refractivity contribution >= 4 is 11.4 Å². The molecule has 0 amide bonds. The van der Waals surface area contributed by atoms with Gasteiger partial charge in [-0.3, -0.25) is 10.1 Å². The summed E-state index contributed by atoms with van der Waals surface area (Å²) < 4.78 is 0. The molecule has 0 unspecified atom stereocenters. The van der Waals surface area contributed by atoms with Crippen LogP contribution in [-0.4, -0.2) is 29.5 Å². The third-order valence-corrected chi connectivity index (χ3v) is 1.76. The van der Waals surface area contributed by atoms with Gasteiger partial charge in [-0.15, -0.1) is 0 Å². The standard InChI is InChI=1S/C9H10N2O4/c1-15-10-9(6-12)7-2-4-8(5-3-7)11(13)14/h2-5,12H,6H2,1H3. The van der Waals surface area contributed by atoms with E-state index in [2.05, 4.69) is 9.99 Å². The van der Waals surface area contributed by atoms with Crippen LogP contribution < -0.4 is 0 Å². The summed E-state index contributed by atoms with van der Waals surface area (Å²) in [5.74, 6) is 0. The number of oxime groups is 1. The van der Waals surface area contributed by atoms with E-state index in [1.807, 2.05) is 0 Å². The van der Waals surface area contributed by atoms with Crippen molar-refractivity contribution in [3.63, 3.8) is 0 Å². The number of benzene rings is 1. The van der Waals surface area contributed by atoms with Gasteiger partial charge in [-0.1, -0.05) is 5.16 Å². The molecule has 6 nitrogen and oxygen atoms in total. The fourth-order valence-corrected chi connectivity index (χ4v) is 1.06. The maximum atomic E-state index is 10.4. The number of aliphatic hydroxyl groups excluding tert-OH is 1. The first kappa shape index (κ1) is 11.1. The zero-order chi connectivity index (χ0) is 11.3. The largest absolute Gasteiger partial charge is 0.399 e. The second-order valence-electron chi connectivity index (χ2n) is 2.68. The molecule has 0 radical (unpaired) electrons. The molecule has 15 heavy (non-hydrogen) atoms. The van der Waals surface area contributed by atoms with Crippen LogP contribution in [0.4, 0.5) is 5.69 Å². The first-order valence-corrected chi connectivity index (χ1v) is 4.14. The molecule has 0 saturated carbocycles. The molecule has 1 N–H and O–H groups in total. The summed E-state index contributed by atoms with van der Waals surface area (Å²) in [5, 5.41) is 22.9. The van der Waals surface area contributed by atoms with Crippen LogP contribution in [0, 0.1) is 10.1 Å². The van der Waals surface area contributed by atoms with E-state index in [-0.39, 0.29) is 12.3 Å². The second kappa shape index (κ2) is 5.06. The first-order valence-electron chi connectivity index (χ1n) is 4.14. The maximum absolute atomic E-state index is 10.4. The van der Waals surface area contributed by atoms with Crippen LogP contribution in [0.3, 0.4) is 0 Å². The van der Waals surface area contributed by atoms with Crippen LogP contribution in [0.15, 0.2) is 29.4 Å². The minimum absolute atomic E-state index is 0.00606. The fourth-order valence-electron chi connectivity index (χ4n) is 1.06. The number of aliphatic hydroxyl groups is 1. The Bertz CT molecular complexity index is 372. The van der Waals surface area contributed by atoms with Crippen LogP contribution in [0.25, 0.3) is 0 Å². The predicted molar refractivity (Wildman–Crippen MR) is 53.7 cm³/mol. The molecule has 0 spiro atoms. The summed E-state index contributed by atoms with van der Waals surface area (Å²) in [6, 6.07) is 5.70. The monoisotopic (exact) mass is 210 g/mol. The molecular formula is C9H10N2O4. The maximum Gasteiger partial charge on any atom is 0.269 e. The number of non-ortho nitro benzene ring substituents is 1. The number of hydrogen-bond donors (Lipinski definition) is 1. The zero-order valence-corrected chi connectivity index (χ0v) is 8.08. The van der Waals surface area contributed by atoms with Gasteiger partial charge < -0.3 is 9.94 Å². The van der Waals surface area contributed by atoms with Crippen LogP contribution in [0.1, 0.15) is 5.56 Å². The van der Waals surface area contributed by atoms with Crippen molar-refractivity contribution in [1.82, 2.24) is 0 Å². The van der Waals surface area contributed by atoms with Crippen LogP contribution in [-0.2, 0) is 4.84 Å². The van der Waals surface area contributed by atoms with E-state index in [9.17, 15) is 10.1 Å². The molecule has 80 valence electrons. The van der Waals surface area contributed by atoms with Crippen molar-refractivity contribution in [3.05, 3.63) is 39.9 Å². The number of nitrogens with zero attached hydrogens (tertiary/aromatic N) is 2. The normalized spacial score (nSPS) is 11.2. The van der Waals surface area contributed by atoms with Gasteiger partial charge in [-0.2, -0.15) is 0 Å². The van der Waals surface area contributed by atoms with Gasteiger partial charge in [0.15, 0.2) is 0 Å². The lowest BCUT2D eigenvalue weighted by Gasteiger charge is -2.01. The van der Waals surface area contributed by atoms with Crippen LogP contribution in [0.5, 0.6) is 0 Å². The van der Waals surface area contributed by atoms with E-state index in [1.54, 1.807) is 0 Å². The van der Waals surface area contributed by atoms with Gasteiger partial charge in [0.2, 0.25) is 0 Å². The molecule has 0 bridgehead atoms. The zero-order valence-electron chi connectivity index (χ0n) is 8.08. The summed E-state index contributed by atoms with van der Waals surface area (Å²) >= 11 is 0. The molecule has 0 aliphatic rings. The van der Waals surface area contributed by atoms with Crippen LogP contribution >= 0.6 is 0 Å². The highest BCUT2D eigenvalue weighted by molar-refractivity contribution is 6.01. The minimum Gasteiger partial charge on any atom is -0.399 e. The highest BCUT2D eigenvalue weighted by Gasteiger charge is 2.07. The van der Waals surface area contributed by atoms with Gasteiger partial charge in [0.1, 0.15) is 12.8 Å². The summed E-state index contributed by atoms with van der Waals surface area (Å²) in [5.41, 5.74) is 0.908. The topological polar surface area (TPSA) is 85.0 Å². The quantitative estimate of drug-likeness (QED) is 0.455. The van der Waals surface area contributed by atoms with Crippen molar-refractivity contribution in [1.29, 1.82) is 0 Å². The molecule has 1 rings (SSSR count). The third-order valence-electron chi connectivity index (χ3n) is 1.76. The third kappa shape index (κ3) is 2.75. The smallest absolute Gasteiger partial charge is 0.269 e. The molecule has 0 atom stereocenters. The molecule has 1 aromatic carbocycles. The lowest BCUT2D eigenvalue weighted by atomic mass is 10.1. The summed E-state index contributed by atoms with van der Waals surface area (Å²) in [6.07, 6.45) is 0. The van der Waals surface area contributed by atoms with Gasteiger partial charge >= 0.3 is 0 Å².